The number of fused-ring (bicyclic) bond motifs is 1. The predicted molar refractivity (Wildman–Crippen MR) is 147 cm³/mol. The number of para-hydroxylation sites is 1. The van der Waals surface area contributed by atoms with Crippen molar-refractivity contribution in [3.63, 3.8) is 0 Å². The first-order chi connectivity index (χ1) is 17.8. The second-order valence-electron chi connectivity index (χ2n) is 9.18. The summed E-state index contributed by atoms with van der Waals surface area (Å²) in [6.07, 6.45) is 2.01. The Hall–Kier alpha value is -4.10. The molecule has 2 N–H and O–H groups in total. The standard InChI is InChI=1S/C29H27ClFN5O/c1-18-27(28(30)36(34-18)22-14-10-20(31)11-15-22)29(37)33-16-24(19-8-12-21(13-9-19)35(2)3)25-17-32-26-7-5-4-6-23(25)26/h4-15,17,24,32H,16H2,1-3H3,(H,33,37). The minimum atomic E-state index is -0.358. The number of benzene rings is 3. The molecule has 0 aliphatic heterocycles. The minimum absolute atomic E-state index is 0.0949. The number of hydrogen-bond acceptors (Lipinski definition) is 3. The topological polar surface area (TPSA) is 66.0 Å². The van der Waals surface area contributed by atoms with Crippen LogP contribution >= 0.6 is 11.6 Å². The average Bonchev–Trinajstić information content (AvgIpc) is 3.45. The molecule has 8 heteroatoms. The van der Waals surface area contributed by atoms with Gasteiger partial charge in [-0.05, 0) is 60.5 Å². The van der Waals surface area contributed by atoms with Gasteiger partial charge in [0, 0.05) is 49.3 Å². The molecule has 37 heavy (non-hydrogen) atoms. The van der Waals surface area contributed by atoms with E-state index in [1.54, 1.807) is 19.1 Å². The molecule has 1 amide bonds. The molecule has 1 atom stereocenters. The summed E-state index contributed by atoms with van der Waals surface area (Å²) in [5.41, 5.74) is 5.68. The number of H-pyrrole nitrogens is 1. The second kappa shape index (κ2) is 10.1. The van der Waals surface area contributed by atoms with Crippen LogP contribution in [-0.4, -0.2) is 41.3 Å². The number of hydrogen-bond donors (Lipinski definition) is 2. The maximum atomic E-state index is 13.4. The zero-order valence-electron chi connectivity index (χ0n) is 20.8. The molecule has 0 spiro atoms. The predicted octanol–water partition coefficient (Wildman–Crippen LogP) is 6.08. The lowest BCUT2D eigenvalue weighted by atomic mass is 9.90. The summed E-state index contributed by atoms with van der Waals surface area (Å²) in [7, 11) is 4.01. The van der Waals surface area contributed by atoms with Crippen LogP contribution < -0.4 is 10.2 Å². The largest absolute Gasteiger partial charge is 0.378 e. The van der Waals surface area contributed by atoms with Crippen molar-refractivity contribution < 1.29 is 9.18 Å². The van der Waals surface area contributed by atoms with E-state index in [0.29, 0.717) is 23.5 Å². The first kappa shape index (κ1) is 24.6. The van der Waals surface area contributed by atoms with Crippen LogP contribution in [0, 0.1) is 12.7 Å². The van der Waals surface area contributed by atoms with Crippen LogP contribution in [0.25, 0.3) is 16.6 Å². The van der Waals surface area contributed by atoms with E-state index in [1.807, 2.05) is 38.5 Å². The molecule has 0 radical (unpaired) electrons. The van der Waals surface area contributed by atoms with E-state index >= 15 is 0 Å². The molecule has 5 rings (SSSR count). The Kier molecular flexibility index (Phi) is 6.72. The van der Waals surface area contributed by atoms with Gasteiger partial charge in [-0.2, -0.15) is 5.10 Å². The zero-order chi connectivity index (χ0) is 26.1. The molecule has 2 aromatic heterocycles. The summed E-state index contributed by atoms with van der Waals surface area (Å²) in [5.74, 6) is -0.767. The summed E-state index contributed by atoms with van der Waals surface area (Å²) < 4.78 is 14.8. The summed E-state index contributed by atoms with van der Waals surface area (Å²) >= 11 is 6.59. The summed E-state index contributed by atoms with van der Waals surface area (Å²) in [5, 5.41) is 8.80. The van der Waals surface area contributed by atoms with Gasteiger partial charge >= 0.3 is 0 Å². The fourth-order valence-electron chi connectivity index (χ4n) is 4.59. The second-order valence-corrected chi connectivity index (χ2v) is 9.54. The van der Waals surface area contributed by atoms with E-state index in [9.17, 15) is 9.18 Å². The van der Waals surface area contributed by atoms with E-state index in [2.05, 4.69) is 50.6 Å². The molecule has 2 heterocycles. The normalized spacial score (nSPS) is 12.0. The number of carbonyl (C=O) groups excluding carboxylic acids is 1. The van der Waals surface area contributed by atoms with Gasteiger partial charge in [0.1, 0.15) is 11.0 Å². The van der Waals surface area contributed by atoms with E-state index in [1.165, 1.54) is 16.8 Å². The van der Waals surface area contributed by atoms with Crippen molar-refractivity contribution in [3.05, 3.63) is 112 Å². The van der Waals surface area contributed by atoms with Gasteiger partial charge in [-0.1, -0.05) is 41.9 Å². The highest BCUT2D eigenvalue weighted by atomic mass is 35.5. The Morgan fingerprint density at radius 3 is 2.49 bits per heavy atom. The number of nitrogens with one attached hydrogen (secondary N) is 2. The molecule has 1 unspecified atom stereocenters. The lowest BCUT2D eigenvalue weighted by molar-refractivity contribution is 0.0952. The van der Waals surface area contributed by atoms with Gasteiger partial charge in [0.25, 0.3) is 5.91 Å². The summed E-state index contributed by atoms with van der Waals surface area (Å²) in [6, 6.07) is 22.3. The fourth-order valence-corrected chi connectivity index (χ4v) is 4.95. The molecule has 0 bridgehead atoms. The van der Waals surface area contributed by atoms with Crippen molar-refractivity contribution in [2.45, 2.75) is 12.8 Å². The third-order valence-corrected chi connectivity index (χ3v) is 6.93. The summed E-state index contributed by atoms with van der Waals surface area (Å²) in [4.78, 5) is 18.8. The van der Waals surface area contributed by atoms with Crippen molar-refractivity contribution in [2.24, 2.45) is 0 Å². The number of nitrogens with zero attached hydrogens (tertiary/aromatic N) is 3. The van der Waals surface area contributed by atoms with Gasteiger partial charge in [0.05, 0.1) is 16.9 Å². The van der Waals surface area contributed by atoms with E-state index < -0.39 is 0 Å². The van der Waals surface area contributed by atoms with E-state index in [-0.39, 0.29) is 22.8 Å². The van der Waals surface area contributed by atoms with Crippen LogP contribution in [0.15, 0.2) is 79.0 Å². The number of rotatable bonds is 7. The number of amides is 1. The average molecular weight is 516 g/mol. The third-order valence-electron chi connectivity index (χ3n) is 6.58. The Morgan fingerprint density at radius 2 is 1.78 bits per heavy atom. The van der Waals surface area contributed by atoms with Crippen molar-refractivity contribution in [3.8, 4) is 5.69 Å². The number of aromatic amines is 1. The first-order valence-electron chi connectivity index (χ1n) is 12.0. The molecule has 0 aliphatic carbocycles. The first-order valence-corrected chi connectivity index (χ1v) is 12.3. The number of carbonyl (C=O) groups is 1. The molecule has 0 saturated carbocycles. The highest BCUT2D eigenvalue weighted by Gasteiger charge is 2.24. The molecule has 0 fully saturated rings. The Balaban J connectivity index is 1.45. The van der Waals surface area contributed by atoms with Crippen molar-refractivity contribution in [2.75, 3.05) is 25.5 Å². The number of halogens is 2. The summed E-state index contributed by atoms with van der Waals surface area (Å²) in [6.45, 7) is 2.09. The lowest BCUT2D eigenvalue weighted by Gasteiger charge is -2.20. The monoisotopic (exact) mass is 515 g/mol. The maximum Gasteiger partial charge on any atom is 0.256 e. The SMILES string of the molecule is Cc1nn(-c2ccc(F)cc2)c(Cl)c1C(=O)NCC(c1ccc(N(C)C)cc1)c1c[nH]c2ccccc12. The lowest BCUT2D eigenvalue weighted by Crippen LogP contribution is -2.29. The van der Waals surface area contributed by atoms with Crippen LogP contribution in [-0.2, 0) is 0 Å². The van der Waals surface area contributed by atoms with Gasteiger partial charge in [0.15, 0.2) is 0 Å². The molecule has 3 aromatic carbocycles. The van der Waals surface area contributed by atoms with Gasteiger partial charge in [-0.3, -0.25) is 4.79 Å². The van der Waals surface area contributed by atoms with Crippen molar-refractivity contribution in [1.29, 1.82) is 0 Å². The van der Waals surface area contributed by atoms with Crippen LogP contribution in [0.5, 0.6) is 0 Å². The van der Waals surface area contributed by atoms with Crippen molar-refractivity contribution >= 4 is 34.1 Å². The van der Waals surface area contributed by atoms with E-state index in [4.69, 9.17) is 11.6 Å². The number of aryl methyl sites for hydroxylation is 1. The Bertz CT molecular complexity index is 1550. The third kappa shape index (κ3) is 4.82. The molecule has 0 saturated heterocycles. The van der Waals surface area contributed by atoms with Gasteiger partial charge in [0.2, 0.25) is 0 Å². The number of aromatic nitrogens is 3. The van der Waals surface area contributed by atoms with Gasteiger partial charge < -0.3 is 15.2 Å². The van der Waals surface area contributed by atoms with Gasteiger partial charge in [-0.15, -0.1) is 0 Å². The van der Waals surface area contributed by atoms with Gasteiger partial charge in [-0.25, -0.2) is 9.07 Å². The minimum Gasteiger partial charge on any atom is -0.378 e. The van der Waals surface area contributed by atoms with Crippen molar-refractivity contribution in [1.82, 2.24) is 20.1 Å². The zero-order valence-corrected chi connectivity index (χ0v) is 21.6. The van der Waals surface area contributed by atoms with Crippen LogP contribution in [0.2, 0.25) is 5.15 Å². The molecular formula is C29H27ClFN5O. The number of anilines is 1. The quantitative estimate of drug-likeness (QED) is 0.276. The maximum absolute atomic E-state index is 13.4. The molecule has 188 valence electrons. The molecular weight excluding hydrogens is 489 g/mol. The smallest absolute Gasteiger partial charge is 0.256 e. The van der Waals surface area contributed by atoms with Crippen LogP contribution in [0.3, 0.4) is 0 Å². The highest BCUT2D eigenvalue weighted by molar-refractivity contribution is 6.33. The Labute approximate surface area is 219 Å². The Morgan fingerprint density at radius 1 is 1.08 bits per heavy atom. The molecule has 5 aromatic rings. The highest BCUT2D eigenvalue weighted by Crippen LogP contribution is 2.32. The molecule has 0 aliphatic rings. The van der Waals surface area contributed by atoms with Crippen LogP contribution in [0.1, 0.15) is 33.1 Å². The van der Waals surface area contributed by atoms with E-state index in [0.717, 1.165) is 27.7 Å². The fraction of sp³-hybridized carbons (Fsp3) is 0.172. The van der Waals surface area contributed by atoms with Crippen LogP contribution in [0.4, 0.5) is 10.1 Å². The molecule has 6 nitrogen and oxygen atoms in total.